The third kappa shape index (κ3) is 4.02. The molecular formula is C11H15BrN6OS. The zero-order valence-electron chi connectivity index (χ0n) is 10.9. The van der Waals surface area contributed by atoms with E-state index in [-0.39, 0.29) is 12.0 Å². The number of nitrogen functional groups attached to an aromatic ring is 1. The number of rotatable bonds is 7. The standard InChI is InChI=1S/C11H15BrN6OS/c1-2-4-19-11-16-9(15-10(17-11)18-13)14-6-8-7(12)3-5-20-8/h3,5H,2,4,6,13H2,1H3,(H2,14,15,16,17,18). The first-order valence-electron chi connectivity index (χ1n) is 6.04. The second kappa shape index (κ2) is 7.36. The normalized spacial score (nSPS) is 10.3. The number of nitrogens with one attached hydrogen (secondary N) is 2. The molecule has 2 heterocycles. The molecule has 0 bridgehead atoms. The number of nitrogens with zero attached hydrogens (tertiary/aromatic N) is 3. The van der Waals surface area contributed by atoms with Crippen LogP contribution in [0.2, 0.25) is 0 Å². The Labute approximate surface area is 129 Å². The number of thiophene rings is 1. The van der Waals surface area contributed by atoms with E-state index in [9.17, 15) is 0 Å². The van der Waals surface area contributed by atoms with E-state index in [0.717, 1.165) is 15.8 Å². The lowest BCUT2D eigenvalue weighted by atomic mass is 10.5. The molecule has 2 aromatic heterocycles. The van der Waals surface area contributed by atoms with Gasteiger partial charge in [0.2, 0.25) is 11.9 Å². The molecular weight excluding hydrogens is 344 g/mol. The van der Waals surface area contributed by atoms with Crippen molar-refractivity contribution < 1.29 is 4.74 Å². The van der Waals surface area contributed by atoms with Gasteiger partial charge in [-0.2, -0.15) is 15.0 Å². The predicted molar refractivity (Wildman–Crippen MR) is 82.8 cm³/mol. The zero-order valence-corrected chi connectivity index (χ0v) is 13.3. The Bertz CT molecular complexity index is 564. The molecule has 108 valence electrons. The van der Waals surface area contributed by atoms with Gasteiger partial charge in [0.1, 0.15) is 0 Å². The van der Waals surface area contributed by atoms with Gasteiger partial charge in [-0.25, -0.2) is 5.84 Å². The summed E-state index contributed by atoms with van der Waals surface area (Å²) < 4.78 is 6.45. The fraction of sp³-hybridized carbons (Fsp3) is 0.364. The number of aromatic nitrogens is 3. The molecule has 20 heavy (non-hydrogen) atoms. The van der Waals surface area contributed by atoms with Gasteiger partial charge in [0, 0.05) is 9.35 Å². The molecule has 2 rings (SSSR count). The zero-order chi connectivity index (χ0) is 14.4. The van der Waals surface area contributed by atoms with Crippen LogP contribution < -0.4 is 21.3 Å². The maximum absolute atomic E-state index is 5.39. The molecule has 0 radical (unpaired) electrons. The summed E-state index contributed by atoms with van der Waals surface area (Å²) >= 11 is 5.12. The number of ether oxygens (including phenoxy) is 1. The molecule has 0 saturated heterocycles. The summed E-state index contributed by atoms with van der Waals surface area (Å²) in [5.41, 5.74) is 2.40. The molecule has 0 aromatic carbocycles. The topological polar surface area (TPSA) is 98.0 Å². The molecule has 2 aromatic rings. The largest absolute Gasteiger partial charge is 0.463 e. The number of halogens is 1. The lowest BCUT2D eigenvalue weighted by molar-refractivity contribution is 0.292. The van der Waals surface area contributed by atoms with Crippen LogP contribution in [0.5, 0.6) is 6.01 Å². The van der Waals surface area contributed by atoms with Gasteiger partial charge in [-0.3, -0.25) is 5.43 Å². The molecule has 4 N–H and O–H groups in total. The minimum Gasteiger partial charge on any atom is -0.463 e. The van der Waals surface area contributed by atoms with Gasteiger partial charge in [-0.05, 0) is 33.8 Å². The average molecular weight is 359 g/mol. The number of hydrogen-bond donors (Lipinski definition) is 3. The van der Waals surface area contributed by atoms with Gasteiger partial charge in [-0.15, -0.1) is 11.3 Å². The van der Waals surface area contributed by atoms with E-state index in [1.807, 2.05) is 18.4 Å². The fourth-order valence-electron chi connectivity index (χ4n) is 1.37. The van der Waals surface area contributed by atoms with Crippen LogP contribution in [0.1, 0.15) is 18.2 Å². The molecule has 0 aliphatic carbocycles. The summed E-state index contributed by atoms with van der Waals surface area (Å²) in [5, 5.41) is 5.13. The van der Waals surface area contributed by atoms with Crippen molar-refractivity contribution in [1.82, 2.24) is 15.0 Å². The van der Waals surface area contributed by atoms with Crippen molar-refractivity contribution in [3.05, 3.63) is 20.8 Å². The van der Waals surface area contributed by atoms with Gasteiger partial charge in [0.15, 0.2) is 0 Å². The van der Waals surface area contributed by atoms with Crippen molar-refractivity contribution >= 4 is 39.2 Å². The third-order valence-corrected chi connectivity index (χ3v) is 4.20. The second-order valence-electron chi connectivity index (χ2n) is 3.80. The SMILES string of the molecule is CCCOc1nc(NN)nc(NCc2sccc2Br)n1. The molecule has 9 heteroatoms. The van der Waals surface area contributed by atoms with E-state index in [1.165, 1.54) is 0 Å². The third-order valence-electron chi connectivity index (χ3n) is 2.28. The van der Waals surface area contributed by atoms with E-state index in [4.69, 9.17) is 10.6 Å². The monoisotopic (exact) mass is 358 g/mol. The quantitative estimate of drug-likeness (QED) is 0.516. The van der Waals surface area contributed by atoms with Crippen LogP contribution in [0.25, 0.3) is 0 Å². The van der Waals surface area contributed by atoms with Gasteiger partial charge in [0.25, 0.3) is 0 Å². The Balaban J connectivity index is 2.07. The number of nitrogens with two attached hydrogens (primary N) is 1. The summed E-state index contributed by atoms with van der Waals surface area (Å²) in [6, 6.07) is 2.25. The van der Waals surface area contributed by atoms with Crippen LogP contribution in [0.15, 0.2) is 15.9 Å². The lowest BCUT2D eigenvalue weighted by Gasteiger charge is -2.08. The second-order valence-corrected chi connectivity index (χ2v) is 5.66. The summed E-state index contributed by atoms with van der Waals surface area (Å²) in [5.74, 6) is 6.02. The highest BCUT2D eigenvalue weighted by molar-refractivity contribution is 9.10. The maximum Gasteiger partial charge on any atom is 0.323 e. The highest BCUT2D eigenvalue weighted by atomic mass is 79.9. The smallest absolute Gasteiger partial charge is 0.323 e. The van der Waals surface area contributed by atoms with Crippen molar-refractivity contribution in [1.29, 1.82) is 0 Å². The van der Waals surface area contributed by atoms with Crippen molar-refractivity contribution in [3.8, 4) is 6.01 Å². The Morgan fingerprint density at radius 3 is 2.80 bits per heavy atom. The van der Waals surface area contributed by atoms with Crippen LogP contribution in [-0.4, -0.2) is 21.6 Å². The van der Waals surface area contributed by atoms with E-state index in [0.29, 0.717) is 19.1 Å². The molecule has 0 amide bonds. The minimum atomic E-state index is 0.252. The van der Waals surface area contributed by atoms with Gasteiger partial charge in [-0.1, -0.05) is 6.92 Å². The van der Waals surface area contributed by atoms with Gasteiger partial charge in [0.05, 0.1) is 13.2 Å². The van der Waals surface area contributed by atoms with Gasteiger partial charge >= 0.3 is 6.01 Å². The first kappa shape index (κ1) is 14.9. The highest BCUT2D eigenvalue weighted by Gasteiger charge is 2.08. The Morgan fingerprint density at radius 2 is 2.15 bits per heavy atom. The summed E-state index contributed by atoms with van der Waals surface area (Å²) in [6.07, 6.45) is 0.877. The maximum atomic E-state index is 5.39. The number of hydrogen-bond acceptors (Lipinski definition) is 8. The van der Waals surface area contributed by atoms with Crippen molar-refractivity contribution in [3.63, 3.8) is 0 Å². The minimum absolute atomic E-state index is 0.252. The Morgan fingerprint density at radius 1 is 1.35 bits per heavy atom. The first-order chi connectivity index (χ1) is 9.72. The molecule has 0 aliphatic heterocycles. The number of anilines is 2. The van der Waals surface area contributed by atoms with E-state index in [1.54, 1.807) is 11.3 Å². The van der Waals surface area contributed by atoms with Crippen LogP contribution >= 0.6 is 27.3 Å². The van der Waals surface area contributed by atoms with Crippen molar-refractivity contribution in [2.75, 3.05) is 17.3 Å². The van der Waals surface area contributed by atoms with Crippen LogP contribution in [-0.2, 0) is 6.54 Å². The van der Waals surface area contributed by atoms with Crippen molar-refractivity contribution in [2.24, 2.45) is 5.84 Å². The number of hydrazine groups is 1. The fourth-order valence-corrected chi connectivity index (χ4v) is 2.80. The molecule has 7 nitrogen and oxygen atoms in total. The molecule has 0 aliphatic rings. The molecule has 0 atom stereocenters. The Hall–Kier alpha value is -1.45. The molecule has 0 unspecified atom stereocenters. The van der Waals surface area contributed by atoms with E-state index in [2.05, 4.69) is 41.6 Å². The average Bonchev–Trinajstić information content (AvgIpc) is 2.88. The Kier molecular flexibility index (Phi) is 5.50. The molecule has 0 saturated carbocycles. The summed E-state index contributed by atoms with van der Waals surface area (Å²) in [6.45, 7) is 3.17. The van der Waals surface area contributed by atoms with Crippen LogP contribution in [0, 0.1) is 0 Å². The van der Waals surface area contributed by atoms with E-state index < -0.39 is 0 Å². The van der Waals surface area contributed by atoms with Gasteiger partial charge < -0.3 is 10.1 Å². The predicted octanol–water partition coefficient (Wildman–Crippen LogP) is 2.38. The highest BCUT2D eigenvalue weighted by Crippen LogP contribution is 2.23. The van der Waals surface area contributed by atoms with E-state index >= 15 is 0 Å². The van der Waals surface area contributed by atoms with Crippen LogP contribution in [0.3, 0.4) is 0 Å². The van der Waals surface area contributed by atoms with Crippen molar-refractivity contribution in [2.45, 2.75) is 19.9 Å². The summed E-state index contributed by atoms with van der Waals surface area (Å²) in [4.78, 5) is 13.5. The molecule has 0 spiro atoms. The summed E-state index contributed by atoms with van der Waals surface area (Å²) in [7, 11) is 0. The lowest BCUT2D eigenvalue weighted by Crippen LogP contribution is -2.14. The molecule has 0 fully saturated rings. The van der Waals surface area contributed by atoms with Crippen LogP contribution in [0.4, 0.5) is 11.9 Å². The first-order valence-corrected chi connectivity index (χ1v) is 7.71.